The molecular formula is C20H27N3. The molecule has 3 rings (SSSR count). The fraction of sp³-hybridized carbons (Fsp3) is 0.450. The summed E-state index contributed by atoms with van der Waals surface area (Å²) in [6.07, 6.45) is 3.14. The summed E-state index contributed by atoms with van der Waals surface area (Å²) in [6.45, 7) is 11.0. The number of rotatable bonds is 4. The Hall–Kier alpha value is -1.71. The number of benzene rings is 1. The van der Waals surface area contributed by atoms with Gasteiger partial charge in [0, 0.05) is 32.4 Å². The summed E-state index contributed by atoms with van der Waals surface area (Å²) in [6, 6.07) is 12.9. The van der Waals surface area contributed by atoms with Gasteiger partial charge in [0.25, 0.3) is 0 Å². The molecule has 0 bridgehead atoms. The van der Waals surface area contributed by atoms with E-state index in [0.29, 0.717) is 0 Å². The van der Waals surface area contributed by atoms with Crippen LogP contribution in [0.4, 0.5) is 0 Å². The molecule has 0 saturated carbocycles. The van der Waals surface area contributed by atoms with Gasteiger partial charge in [-0.1, -0.05) is 30.3 Å². The predicted molar refractivity (Wildman–Crippen MR) is 95.3 cm³/mol. The summed E-state index contributed by atoms with van der Waals surface area (Å²) in [5, 5.41) is 0. The maximum atomic E-state index is 4.55. The van der Waals surface area contributed by atoms with Gasteiger partial charge in [-0.3, -0.25) is 14.8 Å². The van der Waals surface area contributed by atoms with Crippen LogP contribution in [0.25, 0.3) is 0 Å². The Morgan fingerprint density at radius 2 is 1.52 bits per heavy atom. The number of hydrogen-bond acceptors (Lipinski definition) is 3. The molecule has 1 aliphatic heterocycles. The van der Waals surface area contributed by atoms with Gasteiger partial charge in [-0.05, 0) is 56.1 Å². The van der Waals surface area contributed by atoms with Crippen molar-refractivity contribution in [2.75, 3.05) is 26.2 Å². The molecule has 0 N–H and O–H groups in total. The van der Waals surface area contributed by atoms with Crippen molar-refractivity contribution in [1.29, 1.82) is 0 Å². The van der Waals surface area contributed by atoms with Gasteiger partial charge < -0.3 is 0 Å². The number of hydrogen-bond donors (Lipinski definition) is 0. The molecule has 0 atom stereocenters. The number of pyridine rings is 1. The summed E-state index contributed by atoms with van der Waals surface area (Å²) in [7, 11) is 0. The third-order valence-electron chi connectivity index (χ3n) is 4.83. The zero-order chi connectivity index (χ0) is 16.1. The normalized spacial score (nSPS) is 17.1. The molecule has 0 spiro atoms. The van der Waals surface area contributed by atoms with E-state index < -0.39 is 0 Å². The van der Waals surface area contributed by atoms with Crippen molar-refractivity contribution in [2.24, 2.45) is 0 Å². The molecule has 0 radical (unpaired) electrons. The van der Waals surface area contributed by atoms with Crippen LogP contribution in [-0.2, 0) is 13.1 Å². The van der Waals surface area contributed by atoms with Crippen LogP contribution in [0.2, 0.25) is 0 Å². The van der Waals surface area contributed by atoms with Gasteiger partial charge in [0.05, 0.1) is 5.69 Å². The molecule has 23 heavy (non-hydrogen) atoms. The summed E-state index contributed by atoms with van der Waals surface area (Å²) in [5.74, 6) is 0. The van der Waals surface area contributed by atoms with Gasteiger partial charge in [-0.2, -0.15) is 0 Å². The highest BCUT2D eigenvalue weighted by molar-refractivity contribution is 5.25. The van der Waals surface area contributed by atoms with Crippen LogP contribution in [0.5, 0.6) is 0 Å². The lowest BCUT2D eigenvalue weighted by atomic mass is 10.1. The Bertz CT molecular complexity index is 583. The summed E-state index contributed by atoms with van der Waals surface area (Å²) < 4.78 is 0. The molecule has 122 valence electrons. The Labute approximate surface area is 140 Å². The minimum atomic E-state index is 0.977. The first-order valence-corrected chi connectivity index (χ1v) is 8.62. The average Bonchev–Trinajstić information content (AvgIpc) is 2.77. The monoisotopic (exact) mass is 309 g/mol. The van der Waals surface area contributed by atoms with Gasteiger partial charge in [-0.15, -0.1) is 0 Å². The second kappa shape index (κ2) is 7.71. The number of aryl methyl sites for hydroxylation is 2. The Morgan fingerprint density at radius 1 is 0.826 bits per heavy atom. The van der Waals surface area contributed by atoms with Crippen molar-refractivity contribution in [2.45, 2.75) is 33.4 Å². The molecule has 0 unspecified atom stereocenters. The third kappa shape index (κ3) is 4.40. The quantitative estimate of drug-likeness (QED) is 0.863. The van der Waals surface area contributed by atoms with E-state index in [1.165, 1.54) is 41.9 Å². The van der Waals surface area contributed by atoms with E-state index >= 15 is 0 Å². The van der Waals surface area contributed by atoms with E-state index in [4.69, 9.17) is 0 Å². The van der Waals surface area contributed by atoms with Gasteiger partial charge in [0.2, 0.25) is 0 Å². The molecule has 3 nitrogen and oxygen atoms in total. The minimum Gasteiger partial charge on any atom is -0.298 e. The minimum absolute atomic E-state index is 0.977. The topological polar surface area (TPSA) is 19.4 Å². The van der Waals surface area contributed by atoms with Crippen LogP contribution in [0, 0.1) is 13.8 Å². The van der Waals surface area contributed by atoms with E-state index in [0.717, 1.165) is 26.2 Å². The molecule has 1 aromatic heterocycles. The third-order valence-corrected chi connectivity index (χ3v) is 4.83. The summed E-state index contributed by atoms with van der Waals surface area (Å²) >= 11 is 0. The first-order chi connectivity index (χ1) is 11.2. The van der Waals surface area contributed by atoms with Crippen molar-refractivity contribution in [3.8, 4) is 0 Å². The van der Waals surface area contributed by atoms with Crippen molar-refractivity contribution in [3.63, 3.8) is 0 Å². The standard InChI is InChI=1S/C20H27N3/c1-17-7-3-4-9-19(17)15-22-11-6-12-23(14-13-22)16-20-18(2)8-5-10-21-20/h3-5,7-10H,6,11-16H2,1-2H3. The summed E-state index contributed by atoms with van der Waals surface area (Å²) in [5.41, 5.74) is 5.38. The van der Waals surface area contributed by atoms with Crippen molar-refractivity contribution in [1.82, 2.24) is 14.8 Å². The molecule has 0 amide bonds. The fourth-order valence-electron chi connectivity index (χ4n) is 3.26. The van der Waals surface area contributed by atoms with E-state index in [9.17, 15) is 0 Å². The average molecular weight is 309 g/mol. The highest BCUT2D eigenvalue weighted by Gasteiger charge is 2.16. The largest absolute Gasteiger partial charge is 0.298 e. The second-order valence-electron chi connectivity index (χ2n) is 6.60. The molecule has 1 aliphatic rings. The highest BCUT2D eigenvalue weighted by atomic mass is 15.2. The van der Waals surface area contributed by atoms with Crippen LogP contribution in [0.3, 0.4) is 0 Å². The zero-order valence-corrected chi connectivity index (χ0v) is 14.3. The van der Waals surface area contributed by atoms with Gasteiger partial charge in [0.15, 0.2) is 0 Å². The van der Waals surface area contributed by atoms with Crippen molar-refractivity contribution in [3.05, 3.63) is 65.0 Å². The van der Waals surface area contributed by atoms with Gasteiger partial charge in [0.1, 0.15) is 0 Å². The summed E-state index contributed by atoms with van der Waals surface area (Å²) in [4.78, 5) is 9.69. The molecule has 1 saturated heterocycles. The Balaban J connectivity index is 1.57. The molecule has 3 heteroatoms. The van der Waals surface area contributed by atoms with Crippen LogP contribution in [0.1, 0.15) is 28.8 Å². The lowest BCUT2D eigenvalue weighted by Gasteiger charge is -2.22. The highest BCUT2D eigenvalue weighted by Crippen LogP contribution is 2.14. The fourth-order valence-corrected chi connectivity index (χ4v) is 3.26. The first-order valence-electron chi connectivity index (χ1n) is 8.62. The number of aromatic nitrogens is 1. The Morgan fingerprint density at radius 3 is 2.26 bits per heavy atom. The van der Waals surface area contributed by atoms with E-state index in [2.05, 4.69) is 59.0 Å². The van der Waals surface area contributed by atoms with Crippen molar-refractivity contribution >= 4 is 0 Å². The van der Waals surface area contributed by atoms with E-state index in [1.807, 2.05) is 12.3 Å². The molecule has 0 aliphatic carbocycles. The smallest absolute Gasteiger partial charge is 0.0573 e. The van der Waals surface area contributed by atoms with E-state index in [-0.39, 0.29) is 0 Å². The van der Waals surface area contributed by atoms with Crippen LogP contribution in [-0.4, -0.2) is 41.0 Å². The Kier molecular flexibility index (Phi) is 5.42. The van der Waals surface area contributed by atoms with Crippen LogP contribution >= 0.6 is 0 Å². The van der Waals surface area contributed by atoms with Gasteiger partial charge >= 0.3 is 0 Å². The number of nitrogens with zero attached hydrogens (tertiary/aromatic N) is 3. The molecular weight excluding hydrogens is 282 g/mol. The maximum absolute atomic E-state index is 4.55. The molecule has 1 aromatic carbocycles. The lowest BCUT2D eigenvalue weighted by Crippen LogP contribution is -2.30. The maximum Gasteiger partial charge on any atom is 0.0573 e. The SMILES string of the molecule is Cc1ccccc1CN1CCCN(Cc2ncccc2C)CC1. The van der Waals surface area contributed by atoms with Crippen molar-refractivity contribution < 1.29 is 0 Å². The van der Waals surface area contributed by atoms with E-state index in [1.54, 1.807) is 0 Å². The second-order valence-corrected chi connectivity index (χ2v) is 6.60. The van der Waals surface area contributed by atoms with Crippen LogP contribution in [0.15, 0.2) is 42.6 Å². The molecule has 1 fully saturated rings. The molecule has 2 heterocycles. The zero-order valence-electron chi connectivity index (χ0n) is 14.3. The first kappa shape index (κ1) is 16.2. The lowest BCUT2D eigenvalue weighted by molar-refractivity contribution is 0.245. The van der Waals surface area contributed by atoms with Gasteiger partial charge in [-0.25, -0.2) is 0 Å². The predicted octanol–water partition coefficient (Wildman–Crippen LogP) is 3.41. The van der Waals surface area contributed by atoms with Crippen LogP contribution < -0.4 is 0 Å². The molecule has 2 aromatic rings.